The summed E-state index contributed by atoms with van der Waals surface area (Å²) >= 11 is 3.47. The van der Waals surface area contributed by atoms with Gasteiger partial charge in [-0.1, -0.05) is 22.0 Å². The van der Waals surface area contributed by atoms with E-state index in [1.54, 1.807) is 0 Å². The molecular formula is C15H18BrN3O2S. The van der Waals surface area contributed by atoms with Crippen LogP contribution in [-0.2, 0) is 10.0 Å². The van der Waals surface area contributed by atoms with Crippen LogP contribution in [0.15, 0.2) is 34.8 Å². The van der Waals surface area contributed by atoms with Crippen molar-refractivity contribution in [2.75, 3.05) is 24.2 Å². The molecule has 1 N–H and O–H groups in total. The van der Waals surface area contributed by atoms with Gasteiger partial charge in [-0.25, -0.2) is 18.1 Å². The summed E-state index contributed by atoms with van der Waals surface area (Å²) in [5.41, 5.74) is 0.935. The highest BCUT2D eigenvalue weighted by Crippen LogP contribution is 2.24. The van der Waals surface area contributed by atoms with Crippen molar-refractivity contribution in [1.82, 2.24) is 9.71 Å². The summed E-state index contributed by atoms with van der Waals surface area (Å²) in [6, 6.07) is 10.0. The first-order valence-electron chi connectivity index (χ1n) is 7.19. The Morgan fingerprint density at radius 3 is 2.86 bits per heavy atom. The van der Waals surface area contributed by atoms with Gasteiger partial charge in [-0.2, -0.15) is 0 Å². The Morgan fingerprint density at radius 1 is 1.32 bits per heavy atom. The highest BCUT2D eigenvalue weighted by atomic mass is 79.9. The summed E-state index contributed by atoms with van der Waals surface area (Å²) in [6.45, 7) is 1.55. The maximum absolute atomic E-state index is 11.4. The predicted molar refractivity (Wildman–Crippen MR) is 92.7 cm³/mol. The van der Waals surface area contributed by atoms with Crippen LogP contribution >= 0.6 is 15.9 Å². The van der Waals surface area contributed by atoms with Crippen LogP contribution < -0.4 is 9.62 Å². The smallest absolute Gasteiger partial charge is 0.209 e. The maximum atomic E-state index is 11.4. The molecule has 0 spiro atoms. The normalized spacial score (nSPS) is 19.5. The molecule has 0 aliphatic carbocycles. The molecule has 2 heterocycles. The number of aromatic nitrogens is 1. The number of piperidine rings is 1. The number of fused-ring (bicyclic) bond motifs is 1. The van der Waals surface area contributed by atoms with Crippen molar-refractivity contribution in [2.24, 2.45) is 0 Å². The number of rotatable bonds is 3. The molecule has 0 bridgehead atoms. The van der Waals surface area contributed by atoms with E-state index in [0.29, 0.717) is 6.54 Å². The van der Waals surface area contributed by atoms with Crippen molar-refractivity contribution in [3.05, 3.63) is 34.8 Å². The van der Waals surface area contributed by atoms with Crippen molar-refractivity contribution in [2.45, 2.75) is 18.9 Å². The summed E-state index contributed by atoms with van der Waals surface area (Å²) in [6.07, 6.45) is 3.02. The van der Waals surface area contributed by atoms with Crippen molar-refractivity contribution in [3.8, 4) is 0 Å². The monoisotopic (exact) mass is 383 g/mol. The third kappa shape index (κ3) is 3.77. The molecule has 1 aromatic carbocycles. The summed E-state index contributed by atoms with van der Waals surface area (Å²) in [5, 5.41) is 1.09. The number of hydrogen-bond donors (Lipinski definition) is 1. The summed E-state index contributed by atoms with van der Waals surface area (Å²) in [4.78, 5) is 6.85. The van der Waals surface area contributed by atoms with E-state index in [4.69, 9.17) is 4.98 Å². The van der Waals surface area contributed by atoms with Crippen LogP contribution in [-0.4, -0.2) is 38.8 Å². The summed E-state index contributed by atoms with van der Waals surface area (Å²) < 4.78 is 26.5. The molecule has 1 fully saturated rings. The number of halogens is 1. The second-order valence-corrected chi connectivity index (χ2v) is 8.38. The van der Waals surface area contributed by atoms with Gasteiger partial charge in [0.1, 0.15) is 5.82 Å². The minimum atomic E-state index is -3.17. The van der Waals surface area contributed by atoms with Crippen LogP contribution in [0.5, 0.6) is 0 Å². The molecule has 0 radical (unpaired) electrons. The molecule has 1 aliphatic heterocycles. The quantitative estimate of drug-likeness (QED) is 0.884. The first-order valence-corrected chi connectivity index (χ1v) is 9.88. The molecule has 0 saturated carbocycles. The van der Waals surface area contributed by atoms with Gasteiger partial charge in [0.15, 0.2) is 0 Å². The molecule has 1 aliphatic rings. The van der Waals surface area contributed by atoms with E-state index in [2.05, 4.69) is 31.6 Å². The van der Waals surface area contributed by atoms with E-state index in [1.807, 2.05) is 24.3 Å². The number of nitrogens with zero attached hydrogens (tertiary/aromatic N) is 2. The van der Waals surface area contributed by atoms with Gasteiger partial charge in [0.05, 0.1) is 11.8 Å². The van der Waals surface area contributed by atoms with Crippen LogP contribution in [0.25, 0.3) is 10.9 Å². The number of hydrogen-bond acceptors (Lipinski definition) is 4. The minimum absolute atomic E-state index is 0.0521. The molecule has 5 nitrogen and oxygen atoms in total. The lowest BCUT2D eigenvalue weighted by Crippen LogP contribution is -2.47. The molecule has 1 saturated heterocycles. The second-order valence-electron chi connectivity index (χ2n) is 5.68. The predicted octanol–water partition coefficient (Wildman–Crippen LogP) is 2.52. The molecule has 1 aromatic heterocycles. The SMILES string of the molecule is CS(=O)(=O)NC1CCCN(c2ccc3ccc(Br)cc3n2)C1. The van der Waals surface area contributed by atoms with E-state index in [9.17, 15) is 8.42 Å². The first-order chi connectivity index (χ1) is 10.4. The lowest BCUT2D eigenvalue weighted by Gasteiger charge is -2.33. The largest absolute Gasteiger partial charge is 0.355 e. The van der Waals surface area contributed by atoms with Gasteiger partial charge in [-0.05, 0) is 37.1 Å². The lowest BCUT2D eigenvalue weighted by atomic mass is 10.1. The molecule has 3 rings (SSSR count). The molecule has 22 heavy (non-hydrogen) atoms. The fourth-order valence-corrected chi connectivity index (χ4v) is 3.99. The van der Waals surface area contributed by atoms with Crippen LogP contribution in [0, 0.1) is 0 Å². The highest BCUT2D eigenvalue weighted by molar-refractivity contribution is 9.10. The first kappa shape index (κ1) is 15.7. The van der Waals surface area contributed by atoms with Gasteiger partial charge in [0.25, 0.3) is 0 Å². The molecule has 1 unspecified atom stereocenters. The lowest BCUT2D eigenvalue weighted by molar-refractivity contribution is 0.466. The topological polar surface area (TPSA) is 62.3 Å². The summed E-state index contributed by atoms with van der Waals surface area (Å²) in [5.74, 6) is 0.894. The van der Waals surface area contributed by atoms with Crippen molar-refractivity contribution >= 4 is 42.7 Å². The third-order valence-electron chi connectivity index (χ3n) is 3.77. The van der Waals surface area contributed by atoms with Gasteiger partial charge in [0, 0.05) is 29.0 Å². The van der Waals surface area contributed by atoms with E-state index < -0.39 is 10.0 Å². The van der Waals surface area contributed by atoms with Gasteiger partial charge in [-0.15, -0.1) is 0 Å². The third-order valence-corrected chi connectivity index (χ3v) is 5.02. The van der Waals surface area contributed by atoms with E-state index in [0.717, 1.165) is 40.6 Å². The van der Waals surface area contributed by atoms with Crippen LogP contribution in [0.4, 0.5) is 5.82 Å². The number of benzene rings is 1. The van der Waals surface area contributed by atoms with Crippen molar-refractivity contribution in [1.29, 1.82) is 0 Å². The van der Waals surface area contributed by atoms with Crippen LogP contribution in [0.1, 0.15) is 12.8 Å². The standard InChI is InChI=1S/C15H18BrN3O2S/c1-22(20,21)18-13-3-2-8-19(10-13)15-7-5-11-4-6-12(16)9-14(11)17-15/h4-7,9,13,18H,2-3,8,10H2,1H3. The fraction of sp³-hybridized carbons (Fsp3) is 0.400. The Labute approximate surface area is 138 Å². The van der Waals surface area contributed by atoms with E-state index in [1.165, 1.54) is 6.26 Å². The van der Waals surface area contributed by atoms with Gasteiger partial charge < -0.3 is 4.90 Å². The number of nitrogens with one attached hydrogen (secondary N) is 1. The highest BCUT2D eigenvalue weighted by Gasteiger charge is 2.23. The van der Waals surface area contributed by atoms with Crippen molar-refractivity contribution < 1.29 is 8.42 Å². The van der Waals surface area contributed by atoms with E-state index >= 15 is 0 Å². The molecule has 118 valence electrons. The Hall–Kier alpha value is -1.18. The Balaban J connectivity index is 1.83. The number of pyridine rings is 1. The number of anilines is 1. The Morgan fingerprint density at radius 2 is 2.09 bits per heavy atom. The molecule has 0 amide bonds. The Kier molecular flexibility index (Phi) is 4.38. The van der Waals surface area contributed by atoms with E-state index in [-0.39, 0.29) is 6.04 Å². The Bertz CT molecular complexity index is 794. The van der Waals surface area contributed by atoms with Gasteiger partial charge >= 0.3 is 0 Å². The number of sulfonamides is 1. The second kappa shape index (κ2) is 6.14. The zero-order chi connectivity index (χ0) is 15.7. The van der Waals surface area contributed by atoms with Gasteiger partial charge in [-0.3, -0.25) is 0 Å². The summed E-state index contributed by atoms with van der Waals surface area (Å²) in [7, 11) is -3.17. The van der Waals surface area contributed by atoms with Crippen molar-refractivity contribution in [3.63, 3.8) is 0 Å². The molecule has 2 aromatic rings. The average molecular weight is 384 g/mol. The van der Waals surface area contributed by atoms with Gasteiger partial charge in [0.2, 0.25) is 10.0 Å². The zero-order valence-corrected chi connectivity index (χ0v) is 14.7. The maximum Gasteiger partial charge on any atom is 0.209 e. The van der Waals surface area contributed by atoms with Crippen LogP contribution in [0.2, 0.25) is 0 Å². The van der Waals surface area contributed by atoms with Crippen LogP contribution in [0.3, 0.4) is 0 Å². The fourth-order valence-electron chi connectivity index (χ4n) is 2.84. The molecular weight excluding hydrogens is 366 g/mol. The average Bonchev–Trinajstić information content (AvgIpc) is 2.45. The molecule has 1 atom stereocenters. The minimum Gasteiger partial charge on any atom is -0.355 e. The molecule has 7 heteroatoms. The zero-order valence-electron chi connectivity index (χ0n) is 12.3.